The van der Waals surface area contributed by atoms with Crippen molar-refractivity contribution >= 4 is 51.3 Å². The van der Waals surface area contributed by atoms with E-state index in [1.165, 1.54) is 6.21 Å². The maximum Gasteiger partial charge on any atom is 0.271 e. The summed E-state index contributed by atoms with van der Waals surface area (Å²) in [4.78, 5) is 11.8. The molecule has 2 rings (SSSR count). The third-order valence-corrected chi connectivity index (χ3v) is 3.60. The molecule has 0 spiro atoms. The summed E-state index contributed by atoms with van der Waals surface area (Å²) in [5.41, 5.74) is 3.48. The van der Waals surface area contributed by atoms with Gasteiger partial charge in [0.15, 0.2) is 0 Å². The Bertz CT molecular complexity index is 654. The van der Waals surface area contributed by atoms with Gasteiger partial charge >= 0.3 is 0 Å². The van der Waals surface area contributed by atoms with Gasteiger partial charge in [0.1, 0.15) is 0 Å². The Morgan fingerprint density at radius 2 is 1.80 bits per heavy atom. The number of hydrogen-bond donors (Lipinski definition) is 1. The largest absolute Gasteiger partial charge is 0.271 e. The SMILES string of the molecule is O=C(N/N=C/c1c(Cl)cccc1Cl)c1cccc(Br)c1. The Kier molecular flexibility index (Phi) is 5.17. The van der Waals surface area contributed by atoms with Crippen LogP contribution in [0.3, 0.4) is 0 Å². The van der Waals surface area contributed by atoms with Crippen molar-refractivity contribution in [1.82, 2.24) is 5.43 Å². The van der Waals surface area contributed by atoms with Gasteiger partial charge in [0.25, 0.3) is 5.91 Å². The average Bonchev–Trinajstić information content (AvgIpc) is 2.42. The number of hydrazone groups is 1. The molecule has 1 amide bonds. The van der Waals surface area contributed by atoms with Crippen molar-refractivity contribution < 1.29 is 4.79 Å². The van der Waals surface area contributed by atoms with E-state index in [-0.39, 0.29) is 5.91 Å². The average molecular weight is 372 g/mol. The van der Waals surface area contributed by atoms with Gasteiger partial charge in [-0.15, -0.1) is 0 Å². The van der Waals surface area contributed by atoms with Crippen LogP contribution >= 0.6 is 39.1 Å². The van der Waals surface area contributed by atoms with E-state index in [9.17, 15) is 4.79 Å². The minimum atomic E-state index is -0.314. The lowest BCUT2D eigenvalue weighted by Gasteiger charge is -2.02. The lowest BCUT2D eigenvalue weighted by Crippen LogP contribution is -2.17. The summed E-state index contributed by atoms with van der Waals surface area (Å²) in [7, 11) is 0. The molecule has 2 aromatic rings. The Labute approximate surface area is 134 Å². The van der Waals surface area contributed by atoms with Crippen molar-refractivity contribution in [2.45, 2.75) is 0 Å². The van der Waals surface area contributed by atoms with Crippen LogP contribution in [0.2, 0.25) is 10.0 Å². The molecule has 20 heavy (non-hydrogen) atoms. The maximum absolute atomic E-state index is 11.8. The van der Waals surface area contributed by atoms with E-state index in [1.807, 2.05) is 6.07 Å². The first kappa shape index (κ1) is 15.0. The molecular formula is C14H9BrCl2N2O. The summed E-state index contributed by atoms with van der Waals surface area (Å²) >= 11 is 15.3. The number of carbonyl (C=O) groups excluding carboxylic acids is 1. The molecule has 3 nitrogen and oxygen atoms in total. The first-order valence-corrected chi connectivity index (χ1v) is 7.16. The second-order valence-corrected chi connectivity index (χ2v) is 5.57. The molecule has 6 heteroatoms. The lowest BCUT2D eigenvalue weighted by atomic mass is 10.2. The van der Waals surface area contributed by atoms with Crippen LogP contribution in [0.15, 0.2) is 52.0 Å². The Morgan fingerprint density at radius 3 is 2.45 bits per heavy atom. The topological polar surface area (TPSA) is 41.5 Å². The van der Waals surface area contributed by atoms with Crippen molar-refractivity contribution in [3.63, 3.8) is 0 Å². The molecule has 0 saturated carbocycles. The van der Waals surface area contributed by atoms with E-state index >= 15 is 0 Å². The molecule has 0 unspecified atom stereocenters. The zero-order valence-electron chi connectivity index (χ0n) is 10.1. The zero-order valence-corrected chi connectivity index (χ0v) is 13.2. The van der Waals surface area contributed by atoms with E-state index < -0.39 is 0 Å². The second kappa shape index (κ2) is 6.88. The summed E-state index contributed by atoms with van der Waals surface area (Å²) in [5.74, 6) is -0.314. The first-order chi connectivity index (χ1) is 9.58. The number of benzene rings is 2. The van der Waals surface area contributed by atoms with Gasteiger partial charge in [-0.2, -0.15) is 5.10 Å². The van der Waals surface area contributed by atoms with Gasteiger partial charge in [0, 0.05) is 15.6 Å². The fourth-order valence-corrected chi connectivity index (χ4v) is 2.38. The van der Waals surface area contributed by atoms with Gasteiger partial charge in [-0.3, -0.25) is 4.79 Å². The van der Waals surface area contributed by atoms with Crippen LogP contribution in [0.4, 0.5) is 0 Å². The molecule has 0 aliphatic heterocycles. The highest BCUT2D eigenvalue weighted by Gasteiger charge is 2.05. The predicted molar refractivity (Wildman–Crippen MR) is 85.7 cm³/mol. The summed E-state index contributed by atoms with van der Waals surface area (Å²) in [6.07, 6.45) is 1.42. The monoisotopic (exact) mass is 370 g/mol. The summed E-state index contributed by atoms with van der Waals surface area (Å²) < 4.78 is 0.822. The van der Waals surface area contributed by atoms with Crippen molar-refractivity contribution in [3.05, 3.63) is 68.1 Å². The van der Waals surface area contributed by atoms with E-state index in [2.05, 4.69) is 26.5 Å². The molecule has 0 aromatic heterocycles. The number of rotatable bonds is 3. The van der Waals surface area contributed by atoms with Crippen molar-refractivity contribution in [2.24, 2.45) is 5.10 Å². The lowest BCUT2D eigenvalue weighted by molar-refractivity contribution is 0.0955. The van der Waals surface area contributed by atoms with E-state index in [0.717, 1.165) is 4.47 Å². The van der Waals surface area contributed by atoms with Gasteiger partial charge < -0.3 is 0 Å². The van der Waals surface area contributed by atoms with E-state index in [1.54, 1.807) is 36.4 Å². The van der Waals surface area contributed by atoms with Crippen LogP contribution in [0.25, 0.3) is 0 Å². The number of nitrogens with zero attached hydrogens (tertiary/aromatic N) is 1. The first-order valence-electron chi connectivity index (χ1n) is 5.61. The Hall–Kier alpha value is -1.36. The fraction of sp³-hybridized carbons (Fsp3) is 0. The predicted octanol–water partition coefficient (Wildman–Crippen LogP) is 4.52. The van der Waals surface area contributed by atoms with Gasteiger partial charge in [-0.25, -0.2) is 5.43 Å². The summed E-state index contributed by atoms with van der Waals surface area (Å²) in [5, 5.41) is 4.80. The van der Waals surface area contributed by atoms with Crippen molar-refractivity contribution in [1.29, 1.82) is 0 Å². The minimum absolute atomic E-state index is 0.314. The molecule has 0 heterocycles. The number of nitrogens with one attached hydrogen (secondary N) is 1. The highest BCUT2D eigenvalue weighted by Crippen LogP contribution is 2.22. The molecule has 0 bridgehead atoms. The standard InChI is InChI=1S/C14H9BrCl2N2O/c15-10-4-1-3-9(7-10)14(20)19-18-8-11-12(16)5-2-6-13(11)17/h1-8H,(H,19,20)/b18-8+. The van der Waals surface area contributed by atoms with Crippen LogP contribution in [0, 0.1) is 0 Å². The second-order valence-electron chi connectivity index (χ2n) is 3.84. The molecule has 0 fully saturated rings. The summed E-state index contributed by atoms with van der Waals surface area (Å²) in [6.45, 7) is 0. The molecule has 2 aromatic carbocycles. The van der Waals surface area contributed by atoms with Crippen LogP contribution in [-0.4, -0.2) is 12.1 Å². The Morgan fingerprint density at radius 1 is 1.15 bits per heavy atom. The van der Waals surface area contributed by atoms with Gasteiger partial charge in [-0.05, 0) is 30.3 Å². The fourth-order valence-electron chi connectivity index (χ4n) is 1.48. The highest BCUT2D eigenvalue weighted by molar-refractivity contribution is 9.10. The smallest absolute Gasteiger partial charge is 0.267 e. The molecule has 0 radical (unpaired) electrons. The molecular weight excluding hydrogens is 363 g/mol. The minimum Gasteiger partial charge on any atom is -0.267 e. The normalized spacial score (nSPS) is 10.8. The molecule has 1 N–H and O–H groups in total. The third-order valence-electron chi connectivity index (χ3n) is 2.45. The van der Waals surface area contributed by atoms with Crippen LogP contribution in [0.5, 0.6) is 0 Å². The molecule has 0 aliphatic carbocycles. The Balaban J connectivity index is 2.09. The molecule has 0 atom stereocenters. The maximum atomic E-state index is 11.8. The number of carbonyl (C=O) groups is 1. The van der Waals surface area contributed by atoms with E-state index in [4.69, 9.17) is 23.2 Å². The van der Waals surface area contributed by atoms with Gasteiger partial charge in [0.05, 0.1) is 16.3 Å². The molecule has 0 saturated heterocycles. The number of amides is 1. The van der Waals surface area contributed by atoms with Gasteiger partial charge in [0.2, 0.25) is 0 Å². The van der Waals surface area contributed by atoms with Crippen LogP contribution < -0.4 is 5.43 Å². The van der Waals surface area contributed by atoms with Crippen molar-refractivity contribution in [3.8, 4) is 0 Å². The molecule has 0 aliphatic rings. The summed E-state index contributed by atoms with van der Waals surface area (Å²) in [6, 6.07) is 12.1. The number of hydrogen-bond acceptors (Lipinski definition) is 2. The van der Waals surface area contributed by atoms with Crippen LogP contribution in [0.1, 0.15) is 15.9 Å². The zero-order chi connectivity index (χ0) is 14.5. The van der Waals surface area contributed by atoms with Gasteiger partial charge in [-0.1, -0.05) is 51.3 Å². The third kappa shape index (κ3) is 3.82. The molecule has 102 valence electrons. The van der Waals surface area contributed by atoms with Crippen LogP contribution in [-0.2, 0) is 0 Å². The quantitative estimate of drug-likeness (QED) is 0.625. The van der Waals surface area contributed by atoms with E-state index in [0.29, 0.717) is 21.2 Å². The number of halogens is 3. The van der Waals surface area contributed by atoms with Crippen molar-refractivity contribution in [2.75, 3.05) is 0 Å². The highest BCUT2D eigenvalue weighted by atomic mass is 79.9.